The molecule has 1 saturated heterocycles. The summed E-state index contributed by atoms with van der Waals surface area (Å²) in [6.45, 7) is 0.742. The van der Waals surface area contributed by atoms with Crippen molar-refractivity contribution in [2.75, 3.05) is 18.4 Å². The number of nitrogens with zero attached hydrogens (tertiary/aromatic N) is 1. The number of carbonyl (C=O) groups excluding carboxylic acids is 1. The standard InChI is InChI=1S/C19H20N2O3S/c22-18(13-21-12-6-10-16(21)19(23)24)20-15-9-4-5-11-17(15)25-14-7-2-1-3-8-14/h1-5,7-9,11,16H,6,10,12-13H2,(H,20,22)(H,23,24). The van der Waals surface area contributed by atoms with Gasteiger partial charge in [-0.05, 0) is 43.7 Å². The molecule has 1 amide bonds. The number of aliphatic carboxylic acids is 1. The number of para-hydroxylation sites is 1. The first-order valence-corrected chi connectivity index (χ1v) is 9.04. The van der Waals surface area contributed by atoms with Crippen molar-refractivity contribution in [3.05, 3.63) is 54.6 Å². The lowest BCUT2D eigenvalue weighted by Gasteiger charge is -2.20. The van der Waals surface area contributed by atoms with E-state index in [-0.39, 0.29) is 12.5 Å². The molecule has 25 heavy (non-hydrogen) atoms. The molecule has 1 unspecified atom stereocenters. The Morgan fingerprint density at radius 2 is 1.84 bits per heavy atom. The van der Waals surface area contributed by atoms with Crippen LogP contribution in [0, 0.1) is 0 Å². The Morgan fingerprint density at radius 1 is 1.12 bits per heavy atom. The number of hydrogen-bond acceptors (Lipinski definition) is 4. The van der Waals surface area contributed by atoms with Crippen LogP contribution < -0.4 is 5.32 Å². The van der Waals surface area contributed by atoms with Gasteiger partial charge in [-0.2, -0.15) is 0 Å². The summed E-state index contributed by atoms with van der Waals surface area (Å²) >= 11 is 1.58. The summed E-state index contributed by atoms with van der Waals surface area (Å²) in [7, 11) is 0. The molecule has 0 saturated carbocycles. The summed E-state index contributed by atoms with van der Waals surface area (Å²) in [5, 5.41) is 12.1. The van der Waals surface area contributed by atoms with E-state index in [2.05, 4.69) is 5.32 Å². The Hall–Kier alpha value is -2.31. The molecule has 1 heterocycles. The summed E-state index contributed by atoms with van der Waals surface area (Å²) in [4.78, 5) is 27.4. The maximum Gasteiger partial charge on any atom is 0.320 e. The maximum atomic E-state index is 12.4. The highest BCUT2D eigenvalue weighted by molar-refractivity contribution is 7.99. The number of likely N-dealkylation sites (tertiary alicyclic amines) is 1. The third kappa shape index (κ3) is 4.61. The molecule has 0 bridgehead atoms. The molecule has 1 aliphatic rings. The molecule has 0 aromatic heterocycles. The smallest absolute Gasteiger partial charge is 0.320 e. The van der Waals surface area contributed by atoms with Gasteiger partial charge in [-0.15, -0.1) is 0 Å². The maximum absolute atomic E-state index is 12.4. The third-order valence-corrected chi connectivity index (χ3v) is 5.21. The normalized spacial score (nSPS) is 17.4. The molecule has 3 rings (SSSR count). The van der Waals surface area contributed by atoms with Crippen LogP contribution >= 0.6 is 11.8 Å². The number of hydrogen-bond donors (Lipinski definition) is 2. The molecular formula is C19H20N2O3S. The average molecular weight is 356 g/mol. The molecule has 5 nitrogen and oxygen atoms in total. The Balaban J connectivity index is 1.66. The van der Waals surface area contributed by atoms with Gasteiger partial charge in [0.2, 0.25) is 5.91 Å². The Kier molecular flexibility index (Phi) is 5.73. The van der Waals surface area contributed by atoms with Crippen molar-refractivity contribution in [2.45, 2.75) is 28.7 Å². The van der Waals surface area contributed by atoms with E-state index in [1.165, 1.54) is 0 Å². The van der Waals surface area contributed by atoms with Crippen LogP contribution in [0.2, 0.25) is 0 Å². The minimum absolute atomic E-state index is 0.0985. The fraction of sp³-hybridized carbons (Fsp3) is 0.263. The van der Waals surface area contributed by atoms with Crippen molar-refractivity contribution in [1.29, 1.82) is 0 Å². The van der Waals surface area contributed by atoms with Crippen molar-refractivity contribution >= 4 is 29.3 Å². The quantitative estimate of drug-likeness (QED) is 0.831. The van der Waals surface area contributed by atoms with Crippen LogP contribution in [-0.2, 0) is 9.59 Å². The minimum atomic E-state index is -0.856. The zero-order valence-electron chi connectivity index (χ0n) is 13.7. The Labute approximate surface area is 151 Å². The van der Waals surface area contributed by atoms with Gasteiger partial charge in [0.15, 0.2) is 0 Å². The predicted octanol–water partition coefficient (Wildman–Crippen LogP) is 3.33. The highest BCUT2D eigenvalue weighted by Crippen LogP contribution is 2.33. The van der Waals surface area contributed by atoms with Crippen LogP contribution in [0.15, 0.2) is 64.4 Å². The second-order valence-electron chi connectivity index (χ2n) is 5.93. The third-order valence-electron chi connectivity index (χ3n) is 4.13. The van der Waals surface area contributed by atoms with Gasteiger partial charge in [-0.1, -0.05) is 42.1 Å². The van der Waals surface area contributed by atoms with Crippen LogP contribution in [0.3, 0.4) is 0 Å². The van der Waals surface area contributed by atoms with Crippen LogP contribution in [0.4, 0.5) is 5.69 Å². The fourth-order valence-electron chi connectivity index (χ4n) is 2.94. The lowest BCUT2D eigenvalue weighted by atomic mass is 10.2. The number of carboxylic acids is 1. The molecule has 1 fully saturated rings. The molecule has 130 valence electrons. The van der Waals surface area contributed by atoms with E-state index in [0.717, 1.165) is 21.9 Å². The van der Waals surface area contributed by atoms with E-state index >= 15 is 0 Å². The van der Waals surface area contributed by atoms with Gasteiger partial charge in [-0.25, -0.2) is 0 Å². The van der Waals surface area contributed by atoms with Crippen molar-refractivity contribution < 1.29 is 14.7 Å². The average Bonchev–Trinajstić information content (AvgIpc) is 3.06. The highest BCUT2D eigenvalue weighted by Gasteiger charge is 2.31. The Bertz CT molecular complexity index is 751. The van der Waals surface area contributed by atoms with E-state index in [4.69, 9.17) is 0 Å². The van der Waals surface area contributed by atoms with E-state index in [1.807, 2.05) is 54.6 Å². The summed E-state index contributed by atoms with van der Waals surface area (Å²) < 4.78 is 0. The first-order valence-electron chi connectivity index (χ1n) is 8.22. The van der Waals surface area contributed by atoms with E-state index in [1.54, 1.807) is 16.7 Å². The lowest BCUT2D eigenvalue weighted by molar-refractivity contribution is -0.142. The first kappa shape index (κ1) is 17.5. The number of nitrogens with one attached hydrogen (secondary N) is 1. The fourth-order valence-corrected chi connectivity index (χ4v) is 3.87. The second kappa shape index (κ2) is 8.18. The van der Waals surface area contributed by atoms with Gasteiger partial charge in [0.25, 0.3) is 0 Å². The van der Waals surface area contributed by atoms with Crippen LogP contribution in [-0.4, -0.2) is 41.0 Å². The summed E-state index contributed by atoms with van der Waals surface area (Å²) in [6, 6.07) is 17.0. The van der Waals surface area contributed by atoms with Crippen LogP contribution in [0.5, 0.6) is 0 Å². The molecule has 1 atom stereocenters. The zero-order chi connectivity index (χ0) is 17.6. The van der Waals surface area contributed by atoms with Gasteiger partial charge >= 0.3 is 5.97 Å². The van der Waals surface area contributed by atoms with Crippen molar-refractivity contribution in [3.63, 3.8) is 0 Å². The highest BCUT2D eigenvalue weighted by atomic mass is 32.2. The van der Waals surface area contributed by atoms with Crippen molar-refractivity contribution in [2.24, 2.45) is 0 Å². The molecule has 2 N–H and O–H groups in total. The topological polar surface area (TPSA) is 69.6 Å². The van der Waals surface area contributed by atoms with E-state index in [0.29, 0.717) is 13.0 Å². The van der Waals surface area contributed by atoms with Crippen LogP contribution in [0.1, 0.15) is 12.8 Å². The van der Waals surface area contributed by atoms with Crippen LogP contribution in [0.25, 0.3) is 0 Å². The van der Waals surface area contributed by atoms with Crippen molar-refractivity contribution in [3.8, 4) is 0 Å². The Morgan fingerprint density at radius 3 is 2.60 bits per heavy atom. The van der Waals surface area contributed by atoms with Gasteiger partial charge in [0, 0.05) is 9.79 Å². The van der Waals surface area contributed by atoms with E-state index < -0.39 is 12.0 Å². The largest absolute Gasteiger partial charge is 0.480 e. The van der Waals surface area contributed by atoms with Gasteiger partial charge in [0.05, 0.1) is 12.2 Å². The number of carbonyl (C=O) groups is 2. The summed E-state index contributed by atoms with van der Waals surface area (Å²) in [5.41, 5.74) is 0.743. The molecule has 0 spiro atoms. The molecular weight excluding hydrogens is 336 g/mol. The molecule has 1 aliphatic heterocycles. The number of rotatable bonds is 6. The summed E-state index contributed by atoms with van der Waals surface area (Å²) in [6.07, 6.45) is 1.41. The van der Waals surface area contributed by atoms with Crippen molar-refractivity contribution in [1.82, 2.24) is 4.90 Å². The lowest BCUT2D eigenvalue weighted by Crippen LogP contribution is -2.40. The number of amides is 1. The SMILES string of the molecule is O=C(CN1CCCC1C(=O)O)Nc1ccccc1Sc1ccccc1. The minimum Gasteiger partial charge on any atom is -0.480 e. The van der Waals surface area contributed by atoms with Gasteiger partial charge < -0.3 is 10.4 Å². The summed E-state index contributed by atoms with van der Waals surface area (Å²) in [5.74, 6) is -1.04. The second-order valence-corrected chi connectivity index (χ2v) is 7.04. The number of anilines is 1. The molecule has 0 radical (unpaired) electrons. The van der Waals surface area contributed by atoms with Gasteiger partial charge in [0.1, 0.15) is 6.04 Å². The first-order chi connectivity index (χ1) is 12.1. The predicted molar refractivity (Wildman–Crippen MR) is 97.9 cm³/mol. The molecule has 0 aliphatic carbocycles. The molecule has 2 aromatic rings. The zero-order valence-corrected chi connectivity index (χ0v) is 14.5. The van der Waals surface area contributed by atoms with E-state index in [9.17, 15) is 14.7 Å². The van der Waals surface area contributed by atoms with Gasteiger partial charge in [-0.3, -0.25) is 14.5 Å². The number of carboxylic acid groups (broad SMARTS) is 1. The monoisotopic (exact) mass is 356 g/mol. The molecule has 2 aromatic carbocycles. The number of benzene rings is 2. The molecule has 6 heteroatoms.